The molecule has 0 radical (unpaired) electrons. The summed E-state index contributed by atoms with van der Waals surface area (Å²) < 4.78 is 0.395. The highest BCUT2D eigenvalue weighted by molar-refractivity contribution is 14.1. The Hall–Kier alpha value is -0.330. The third-order valence-electron chi connectivity index (χ3n) is 2.25. The summed E-state index contributed by atoms with van der Waals surface area (Å²) in [6, 6.07) is -0.386. The van der Waals surface area contributed by atoms with Gasteiger partial charge in [0.2, 0.25) is 0 Å². The molecule has 5 heteroatoms. The predicted octanol–water partition coefficient (Wildman–Crippen LogP) is 1.52. The van der Waals surface area contributed by atoms with E-state index < -0.39 is 6.09 Å². The van der Waals surface area contributed by atoms with Crippen molar-refractivity contribution < 1.29 is 14.7 Å². The van der Waals surface area contributed by atoms with E-state index in [1.165, 1.54) is 4.90 Å². The summed E-state index contributed by atoms with van der Waals surface area (Å²) in [5.74, 6) is 0.0303. The molecule has 0 spiro atoms. The summed E-state index contributed by atoms with van der Waals surface area (Å²) in [6.45, 7) is 0.502. The Balaban J connectivity index is 2.67. The number of carbonyl (C=O) groups excluding carboxylic acids is 1. The van der Waals surface area contributed by atoms with Crippen molar-refractivity contribution in [1.29, 1.82) is 0 Å². The zero-order chi connectivity index (χ0) is 9.84. The molecule has 0 aromatic heterocycles. The van der Waals surface area contributed by atoms with Gasteiger partial charge in [-0.05, 0) is 19.3 Å². The van der Waals surface area contributed by atoms with Crippen molar-refractivity contribution >= 4 is 34.5 Å². The molecule has 0 aliphatic carbocycles. The van der Waals surface area contributed by atoms with Gasteiger partial charge in [0, 0.05) is 6.54 Å². The highest BCUT2D eigenvalue weighted by Gasteiger charge is 2.30. The van der Waals surface area contributed by atoms with Gasteiger partial charge in [-0.2, -0.15) is 0 Å². The number of halogens is 1. The van der Waals surface area contributed by atoms with Crippen LogP contribution in [-0.2, 0) is 4.79 Å². The summed E-state index contributed by atoms with van der Waals surface area (Å²) in [4.78, 5) is 23.4. The van der Waals surface area contributed by atoms with Gasteiger partial charge in [0.25, 0.3) is 0 Å². The van der Waals surface area contributed by atoms with E-state index in [9.17, 15) is 9.59 Å². The van der Waals surface area contributed by atoms with E-state index in [1.54, 1.807) is 0 Å². The molecule has 1 atom stereocenters. The van der Waals surface area contributed by atoms with E-state index in [4.69, 9.17) is 5.11 Å². The Bertz CT molecular complexity index is 219. The Morgan fingerprint density at radius 1 is 1.46 bits per heavy atom. The lowest BCUT2D eigenvalue weighted by atomic mass is 10.00. The fourth-order valence-corrected chi connectivity index (χ4v) is 2.09. The molecule has 1 aliphatic heterocycles. The molecular weight excluding hydrogens is 285 g/mol. The third kappa shape index (κ3) is 2.55. The van der Waals surface area contributed by atoms with Crippen LogP contribution in [0.15, 0.2) is 0 Å². The van der Waals surface area contributed by atoms with Crippen molar-refractivity contribution in [3.63, 3.8) is 0 Å². The number of carbonyl (C=O) groups is 2. The number of nitrogens with zero attached hydrogens (tertiary/aromatic N) is 1. The number of piperidine rings is 1. The van der Waals surface area contributed by atoms with Crippen LogP contribution in [0.1, 0.15) is 19.3 Å². The molecule has 0 bridgehead atoms. The molecule has 1 N–H and O–H groups in total. The first-order valence-electron chi connectivity index (χ1n) is 4.25. The van der Waals surface area contributed by atoms with E-state index in [0.29, 0.717) is 17.4 Å². The molecule has 1 aliphatic rings. The van der Waals surface area contributed by atoms with E-state index in [2.05, 4.69) is 0 Å². The lowest BCUT2D eigenvalue weighted by Gasteiger charge is -2.31. The lowest BCUT2D eigenvalue weighted by molar-refractivity contribution is -0.121. The molecule has 1 saturated heterocycles. The van der Waals surface area contributed by atoms with Crippen molar-refractivity contribution in [2.45, 2.75) is 25.3 Å². The van der Waals surface area contributed by atoms with Crippen molar-refractivity contribution in [2.24, 2.45) is 0 Å². The molecular formula is C8H12INO3. The van der Waals surface area contributed by atoms with Gasteiger partial charge in [0.15, 0.2) is 5.78 Å². The summed E-state index contributed by atoms with van der Waals surface area (Å²) in [5, 5.41) is 8.82. The normalized spacial score (nSPS) is 22.8. The fraction of sp³-hybridized carbons (Fsp3) is 0.750. The average molecular weight is 297 g/mol. The van der Waals surface area contributed by atoms with Gasteiger partial charge in [-0.3, -0.25) is 9.69 Å². The number of alkyl halides is 1. The molecule has 4 nitrogen and oxygen atoms in total. The summed E-state index contributed by atoms with van der Waals surface area (Å²) >= 11 is 1.98. The van der Waals surface area contributed by atoms with Gasteiger partial charge in [-0.25, -0.2) is 4.79 Å². The number of hydrogen-bond donors (Lipinski definition) is 1. The van der Waals surface area contributed by atoms with Crippen molar-refractivity contribution in [3.05, 3.63) is 0 Å². The van der Waals surface area contributed by atoms with Crippen molar-refractivity contribution in [2.75, 3.05) is 11.0 Å². The Morgan fingerprint density at radius 3 is 2.69 bits per heavy atom. The smallest absolute Gasteiger partial charge is 0.407 e. The predicted molar refractivity (Wildman–Crippen MR) is 56.3 cm³/mol. The van der Waals surface area contributed by atoms with E-state index in [0.717, 1.165) is 12.8 Å². The van der Waals surface area contributed by atoms with Gasteiger partial charge in [-0.1, -0.05) is 22.6 Å². The zero-order valence-electron chi connectivity index (χ0n) is 7.20. The number of carboxylic acid groups (broad SMARTS) is 1. The molecule has 0 aromatic carbocycles. The first-order chi connectivity index (χ1) is 6.16. The quantitative estimate of drug-likeness (QED) is 0.621. The Morgan fingerprint density at radius 2 is 2.15 bits per heavy atom. The number of ketones is 1. The number of hydrogen-bond acceptors (Lipinski definition) is 2. The first kappa shape index (κ1) is 10.7. The van der Waals surface area contributed by atoms with Crippen LogP contribution in [0.3, 0.4) is 0 Å². The number of likely N-dealkylation sites (tertiary alicyclic amines) is 1. The molecule has 74 valence electrons. The van der Waals surface area contributed by atoms with Crippen LogP contribution in [0.2, 0.25) is 0 Å². The van der Waals surface area contributed by atoms with Crippen LogP contribution in [0.5, 0.6) is 0 Å². The van der Waals surface area contributed by atoms with Crippen LogP contribution in [0, 0.1) is 0 Å². The SMILES string of the molecule is O=C(CI)C1CCCCN1C(=O)O. The average Bonchev–Trinajstić information content (AvgIpc) is 2.16. The molecule has 1 heterocycles. The second-order valence-corrected chi connectivity index (χ2v) is 3.85. The Kier molecular flexibility index (Phi) is 3.95. The molecule has 1 unspecified atom stereocenters. The second kappa shape index (κ2) is 4.78. The number of Topliss-reactive ketones (excluding diaryl/α,β-unsaturated/α-hetero) is 1. The highest BCUT2D eigenvalue weighted by atomic mass is 127. The monoisotopic (exact) mass is 297 g/mol. The highest BCUT2D eigenvalue weighted by Crippen LogP contribution is 2.18. The van der Waals surface area contributed by atoms with Gasteiger partial charge >= 0.3 is 6.09 Å². The maximum Gasteiger partial charge on any atom is 0.407 e. The maximum atomic E-state index is 11.4. The van der Waals surface area contributed by atoms with Crippen molar-refractivity contribution in [1.82, 2.24) is 4.90 Å². The van der Waals surface area contributed by atoms with E-state index in [1.807, 2.05) is 22.6 Å². The molecule has 0 aromatic rings. The van der Waals surface area contributed by atoms with Gasteiger partial charge in [0.05, 0.1) is 10.5 Å². The van der Waals surface area contributed by atoms with E-state index in [-0.39, 0.29) is 11.8 Å². The fourth-order valence-electron chi connectivity index (χ4n) is 1.58. The van der Waals surface area contributed by atoms with Crippen LogP contribution in [0.25, 0.3) is 0 Å². The molecule has 1 rings (SSSR count). The Labute approximate surface area is 90.4 Å². The third-order valence-corrected chi connectivity index (χ3v) is 3.00. The van der Waals surface area contributed by atoms with Crippen LogP contribution in [-0.4, -0.2) is 38.9 Å². The zero-order valence-corrected chi connectivity index (χ0v) is 9.36. The molecule has 1 amide bonds. The minimum absolute atomic E-state index is 0.0303. The second-order valence-electron chi connectivity index (χ2n) is 3.09. The van der Waals surface area contributed by atoms with E-state index >= 15 is 0 Å². The van der Waals surface area contributed by atoms with Crippen LogP contribution >= 0.6 is 22.6 Å². The summed E-state index contributed by atoms with van der Waals surface area (Å²) in [7, 11) is 0. The largest absolute Gasteiger partial charge is 0.465 e. The summed E-state index contributed by atoms with van der Waals surface area (Å²) in [5.41, 5.74) is 0. The van der Waals surface area contributed by atoms with Gasteiger partial charge in [0.1, 0.15) is 0 Å². The molecule has 0 saturated carbocycles. The molecule has 1 fully saturated rings. The number of rotatable bonds is 2. The van der Waals surface area contributed by atoms with Crippen LogP contribution < -0.4 is 0 Å². The van der Waals surface area contributed by atoms with Crippen molar-refractivity contribution in [3.8, 4) is 0 Å². The minimum Gasteiger partial charge on any atom is -0.465 e. The number of amides is 1. The maximum absolute atomic E-state index is 11.4. The first-order valence-corrected chi connectivity index (χ1v) is 5.77. The van der Waals surface area contributed by atoms with Gasteiger partial charge < -0.3 is 5.11 Å². The topological polar surface area (TPSA) is 57.6 Å². The standard InChI is InChI=1S/C8H12INO3/c9-5-7(11)6-3-1-2-4-10(6)8(12)13/h6H,1-5H2,(H,12,13). The lowest BCUT2D eigenvalue weighted by Crippen LogP contribution is -2.47. The minimum atomic E-state index is -0.970. The molecule has 13 heavy (non-hydrogen) atoms. The summed E-state index contributed by atoms with van der Waals surface area (Å²) in [6.07, 6.45) is 1.55. The van der Waals surface area contributed by atoms with Crippen LogP contribution in [0.4, 0.5) is 4.79 Å². The van der Waals surface area contributed by atoms with Gasteiger partial charge in [-0.15, -0.1) is 0 Å².